The molecule has 2 N–H and O–H groups in total. The smallest absolute Gasteiger partial charge is 0.241 e. The Labute approximate surface area is 199 Å². The molecule has 1 saturated heterocycles. The number of fused-ring (bicyclic) bond motifs is 1. The van der Waals surface area contributed by atoms with Gasteiger partial charge < -0.3 is 19.7 Å². The number of nitrogens with one attached hydrogen (secondary N) is 2. The second-order valence-electron chi connectivity index (χ2n) is 9.41. The number of hydrogen-bond donors (Lipinski definition) is 2. The first-order valence-electron chi connectivity index (χ1n) is 11.1. The summed E-state index contributed by atoms with van der Waals surface area (Å²) in [7, 11) is -3.76. The number of sulfonamides is 1. The van der Waals surface area contributed by atoms with E-state index in [1.807, 2.05) is 0 Å². The van der Waals surface area contributed by atoms with Gasteiger partial charge in [0.15, 0.2) is 11.5 Å². The average Bonchev–Trinajstić information content (AvgIpc) is 3.17. The molecule has 2 aromatic carbocycles. The predicted molar refractivity (Wildman–Crippen MR) is 126 cm³/mol. The number of benzene rings is 2. The van der Waals surface area contributed by atoms with Crippen LogP contribution in [0.2, 0.25) is 0 Å². The third-order valence-electron chi connectivity index (χ3n) is 5.49. The van der Waals surface area contributed by atoms with Crippen molar-refractivity contribution >= 4 is 27.5 Å². The molecule has 4 rings (SSSR count). The van der Waals surface area contributed by atoms with Gasteiger partial charge in [0.1, 0.15) is 13.2 Å². The molecule has 182 valence electrons. The van der Waals surface area contributed by atoms with Gasteiger partial charge in [-0.05, 0) is 44.5 Å². The van der Waals surface area contributed by atoms with E-state index in [9.17, 15) is 18.0 Å². The minimum absolute atomic E-state index is 0.0365. The summed E-state index contributed by atoms with van der Waals surface area (Å²) in [5.74, 6) is 0.201. The largest absolute Gasteiger partial charge is 0.486 e. The van der Waals surface area contributed by atoms with Gasteiger partial charge in [0.25, 0.3) is 0 Å². The van der Waals surface area contributed by atoms with Crippen molar-refractivity contribution < 1.29 is 27.5 Å². The molecule has 0 radical (unpaired) electrons. The van der Waals surface area contributed by atoms with Crippen molar-refractivity contribution in [3.05, 3.63) is 48.0 Å². The molecule has 1 fully saturated rings. The Morgan fingerprint density at radius 3 is 2.53 bits per heavy atom. The van der Waals surface area contributed by atoms with Crippen LogP contribution in [0.1, 0.15) is 32.8 Å². The Morgan fingerprint density at radius 2 is 1.79 bits per heavy atom. The molecular weight excluding hydrogens is 458 g/mol. The number of carbonyl (C=O) groups is 2. The lowest BCUT2D eigenvalue weighted by Gasteiger charge is -2.22. The molecule has 1 unspecified atom stereocenters. The highest BCUT2D eigenvalue weighted by molar-refractivity contribution is 7.89. The molecular formula is C24H29N3O6S. The summed E-state index contributed by atoms with van der Waals surface area (Å²) in [6.45, 7) is 6.48. The van der Waals surface area contributed by atoms with Crippen molar-refractivity contribution in [2.75, 3.05) is 24.7 Å². The number of nitrogens with zero attached hydrogens (tertiary/aromatic N) is 1. The van der Waals surface area contributed by atoms with Crippen molar-refractivity contribution in [1.82, 2.24) is 10.0 Å². The second-order valence-corrected chi connectivity index (χ2v) is 11.1. The van der Waals surface area contributed by atoms with Crippen LogP contribution in [-0.2, 0) is 26.2 Å². The molecule has 0 spiro atoms. The van der Waals surface area contributed by atoms with Gasteiger partial charge in [0.2, 0.25) is 21.8 Å². The SMILES string of the molecule is CC(C)(C)NS(=O)(=O)c1ccccc1CNC(=O)C1CC(=O)N(c2ccc3c(c2)OCCO3)C1. The Morgan fingerprint density at radius 1 is 1.09 bits per heavy atom. The van der Waals surface area contributed by atoms with E-state index in [1.165, 1.54) is 6.07 Å². The topological polar surface area (TPSA) is 114 Å². The summed E-state index contributed by atoms with van der Waals surface area (Å²) in [6, 6.07) is 11.8. The van der Waals surface area contributed by atoms with Gasteiger partial charge in [0.05, 0.1) is 10.8 Å². The fourth-order valence-corrected chi connectivity index (χ4v) is 5.69. The van der Waals surface area contributed by atoms with E-state index in [0.29, 0.717) is 36.0 Å². The Bertz CT molecular complexity index is 1210. The minimum atomic E-state index is -3.76. The fourth-order valence-electron chi connectivity index (χ4n) is 4.03. The van der Waals surface area contributed by atoms with Crippen molar-refractivity contribution in [2.24, 2.45) is 5.92 Å². The van der Waals surface area contributed by atoms with Crippen LogP contribution in [-0.4, -0.2) is 45.5 Å². The molecule has 2 amide bonds. The molecule has 0 aromatic heterocycles. The molecule has 1 atom stereocenters. The first kappa shape index (κ1) is 24.0. The zero-order valence-corrected chi connectivity index (χ0v) is 20.3. The molecule has 0 bridgehead atoms. The lowest BCUT2D eigenvalue weighted by molar-refractivity contribution is -0.126. The zero-order valence-electron chi connectivity index (χ0n) is 19.5. The van der Waals surface area contributed by atoms with Crippen molar-refractivity contribution in [3.8, 4) is 11.5 Å². The Hall–Kier alpha value is -3.11. The molecule has 2 aliphatic heterocycles. The lowest BCUT2D eigenvalue weighted by atomic mass is 10.1. The monoisotopic (exact) mass is 487 g/mol. The van der Waals surface area contributed by atoms with Gasteiger partial charge in [-0.3, -0.25) is 9.59 Å². The van der Waals surface area contributed by atoms with Crippen molar-refractivity contribution in [2.45, 2.75) is 44.2 Å². The van der Waals surface area contributed by atoms with Crippen LogP contribution >= 0.6 is 0 Å². The maximum atomic E-state index is 12.9. The van der Waals surface area contributed by atoms with Gasteiger partial charge in [-0.15, -0.1) is 0 Å². The predicted octanol–water partition coefficient (Wildman–Crippen LogP) is 2.20. The van der Waals surface area contributed by atoms with E-state index in [1.54, 1.807) is 62.1 Å². The van der Waals surface area contributed by atoms with E-state index >= 15 is 0 Å². The van der Waals surface area contributed by atoms with Crippen LogP contribution in [0.3, 0.4) is 0 Å². The number of hydrogen-bond acceptors (Lipinski definition) is 6. The quantitative estimate of drug-likeness (QED) is 0.646. The van der Waals surface area contributed by atoms with Gasteiger partial charge >= 0.3 is 0 Å². The summed E-state index contributed by atoms with van der Waals surface area (Å²) in [5.41, 5.74) is 0.478. The van der Waals surface area contributed by atoms with Gasteiger partial charge in [-0.2, -0.15) is 0 Å². The molecule has 2 heterocycles. The summed E-state index contributed by atoms with van der Waals surface area (Å²) in [6.07, 6.45) is 0.0752. The number of amides is 2. The van der Waals surface area contributed by atoms with Gasteiger partial charge in [-0.1, -0.05) is 18.2 Å². The van der Waals surface area contributed by atoms with E-state index in [-0.39, 0.29) is 36.2 Å². The number of rotatable bonds is 6. The van der Waals surface area contributed by atoms with Crippen LogP contribution in [0.4, 0.5) is 5.69 Å². The summed E-state index contributed by atoms with van der Waals surface area (Å²) in [4.78, 5) is 27.2. The van der Waals surface area contributed by atoms with Crippen LogP contribution in [0.25, 0.3) is 0 Å². The Kier molecular flexibility index (Phi) is 6.55. The minimum Gasteiger partial charge on any atom is -0.486 e. The first-order valence-corrected chi connectivity index (χ1v) is 12.6. The van der Waals surface area contributed by atoms with E-state index < -0.39 is 21.5 Å². The first-order chi connectivity index (χ1) is 16.0. The molecule has 2 aromatic rings. The fraction of sp³-hybridized carbons (Fsp3) is 0.417. The van der Waals surface area contributed by atoms with Gasteiger partial charge in [0, 0.05) is 36.8 Å². The molecule has 0 aliphatic carbocycles. The maximum Gasteiger partial charge on any atom is 0.241 e. The van der Waals surface area contributed by atoms with Crippen LogP contribution in [0, 0.1) is 5.92 Å². The molecule has 34 heavy (non-hydrogen) atoms. The van der Waals surface area contributed by atoms with Crippen molar-refractivity contribution in [3.63, 3.8) is 0 Å². The molecule has 10 heteroatoms. The molecule has 9 nitrogen and oxygen atoms in total. The average molecular weight is 488 g/mol. The number of anilines is 1. The van der Waals surface area contributed by atoms with Crippen LogP contribution in [0.5, 0.6) is 11.5 Å². The standard InChI is InChI=1S/C24H29N3O6S/c1-24(2,3)26-34(30,31)21-7-5-4-6-16(21)14-25-23(29)17-12-22(28)27(15-17)18-8-9-19-20(13-18)33-11-10-32-19/h4-9,13,17,26H,10-12,14-15H2,1-3H3,(H,25,29). The molecule has 0 saturated carbocycles. The summed E-state index contributed by atoms with van der Waals surface area (Å²) in [5, 5.41) is 2.80. The van der Waals surface area contributed by atoms with Crippen LogP contribution < -0.4 is 24.4 Å². The van der Waals surface area contributed by atoms with E-state index in [2.05, 4.69) is 10.0 Å². The van der Waals surface area contributed by atoms with Crippen LogP contribution in [0.15, 0.2) is 47.4 Å². The lowest BCUT2D eigenvalue weighted by Crippen LogP contribution is -2.41. The number of ether oxygens (including phenoxy) is 2. The normalized spacial score (nSPS) is 18.1. The third-order valence-corrected chi connectivity index (χ3v) is 7.35. The van der Waals surface area contributed by atoms with Gasteiger partial charge in [-0.25, -0.2) is 13.1 Å². The third kappa shape index (κ3) is 5.34. The highest BCUT2D eigenvalue weighted by atomic mass is 32.2. The summed E-state index contributed by atoms with van der Waals surface area (Å²) < 4.78 is 39.4. The molecule has 2 aliphatic rings. The highest BCUT2D eigenvalue weighted by Crippen LogP contribution is 2.36. The zero-order chi connectivity index (χ0) is 24.5. The second kappa shape index (κ2) is 9.27. The summed E-state index contributed by atoms with van der Waals surface area (Å²) >= 11 is 0. The number of carbonyl (C=O) groups excluding carboxylic acids is 2. The Balaban J connectivity index is 1.43. The van der Waals surface area contributed by atoms with E-state index in [4.69, 9.17) is 9.47 Å². The maximum absolute atomic E-state index is 12.9. The highest BCUT2D eigenvalue weighted by Gasteiger charge is 2.35. The van der Waals surface area contributed by atoms with Crippen molar-refractivity contribution in [1.29, 1.82) is 0 Å². The van der Waals surface area contributed by atoms with E-state index in [0.717, 1.165) is 0 Å².